The molecular weight excluding hydrogens is 574 g/mol. The molecule has 2 N–H and O–H groups in total. The minimum Gasteiger partial charge on any atom is -0.455 e. The minimum atomic E-state index is -1.23. The average Bonchev–Trinajstić information content (AvgIpc) is 3.55. The number of hydrogen-bond donors (Lipinski definition) is 2. The zero-order chi connectivity index (χ0) is 30.4. The van der Waals surface area contributed by atoms with Gasteiger partial charge < -0.3 is 24.3 Å². The standard InChI is InChI=1S/C31H36ClN5O6/c1-20(2)14-33-30-35-27-24(28(39)36-30)34-19-37(27)29-25(42-21(3)38)26(41-16-23-12-8-5-9-13-23)31(17-32,43-29)18-40-15-22-10-6-4-7-11-22/h4-13,19-20,25-26,29H,14-18H2,1-3H3,(H2,33,35,36,39)/t25-,26+,29-,31-/m1/s1. The highest BCUT2D eigenvalue weighted by atomic mass is 35.5. The average molecular weight is 610 g/mol. The van der Waals surface area contributed by atoms with Gasteiger partial charge in [0.1, 0.15) is 11.7 Å². The number of benzene rings is 2. The lowest BCUT2D eigenvalue weighted by atomic mass is 9.97. The number of carbonyl (C=O) groups is 1. The number of rotatable bonds is 13. The topological polar surface area (TPSA) is 130 Å². The summed E-state index contributed by atoms with van der Waals surface area (Å²) in [5, 5.41) is 3.15. The maximum Gasteiger partial charge on any atom is 0.303 e. The second-order valence-electron chi connectivity index (χ2n) is 11.0. The first kappa shape index (κ1) is 30.7. The Morgan fingerprint density at radius 1 is 1.12 bits per heavy atom. The van der Waals surface area contributed by atoms with E-state index in [-0.39, 0.29) is 30.3 Å². The van der Waals surface area contributed by atoms with Crippen molar-refractivity contribution in [2.45, 2.75) is 58.0 Å². The molecule has 4 aromatic rings. The third-order valence-electron chi connectivity index (χ3n) is 7.10. The Kier molecular flexibility index (Phi) is 9.76. The van der Waals surface area contributed by atoms with E-state index in [1.165, 1.54) is 13.3 Å². The highest BCUT2D eigenvalue weighted by molar-refractivity contribution is 6.18. The van der Waals surface area contributed by atoms with Crippen LogP contribution in [-0.2, 0) is 37.0 Å². The van der Waals surface area contributed by atoms with Crippen molar-refractivity contribution in [2.75, 3.05) is 24.3 Å². The van der Waals surface area contributed by atoms with E-state index >= 15 is 0 Å². The summed E-state index contributed by atoms with van der Waals surface area (Å²) in [5.41, 5.74) is 0.629. The number of halogens is 1. The van der Waals surface area contributed by atoms with Crippen LogP contribution in [0.4, 0.5) is 5.95 Å². The molecule has 5 rings (SSSR count). The summed E-state index contributed by atoms with van der Waals surface area (Å²) >= 11 is 6.66. The molecule has 12 heteroatoms. The van der Waals surface area contributed by atoms with Gasteiger partial charge in [-0.3, -0.25) is 19.1 Å². The van der Waals surface area contributed by atoms with Crippen LogP contribution in [0.2, 0.25) is 0 Å². The first-order chi connectivity index (χ1) is 20.8. The molecule has 0 saturated carbocycles. The zero-order valence-corrected chi connectivity index (χ0v) is 25.1. The van der Waals surface area contributed by atoms with Gasteiger partial charge in [-0.2, -0.15) is 4.98 Å². The van der Waals surface area contributed by atoms with Crippen LogP contribution in [-0.4, -0.2) is 62.3 Å². The Bertz CT molecular complexity index is 1560. The number of imidazole rings is 1. The molecule has 228 valence electrons. The van der Waals surface area contributed by atoms with Crippen molar-refractivity contribution in [1.82, 2.24) is 19.5 Å². The predicted octanol–water partition coefficient (Wildman–Crippen LogP) is 4.43. The van der Waals surface area contributed by atoms with Gasteiger partial charge in [0.15, 0.2) is 23.5 Å². The lowest BCUT2D eigenvalue weighted by molar-refractivity contribution is -0.158. The number of nitrogens with zero attached hydrogens (tertiary/aromatic N) is 3. The maximum absolute atomic E-state index is 12.9. The zero-order valence-electron chi connectivity index (χ0n) is 24.4. The van der Waals surface area contributed by atoms with Crippen molar-refractivity contribution in [3.8, 4) is 0 Å². The number of H-pyrrole nitrogens is 1. The van der Waals surface area contributed by atoms with E-state index in [1.54, 1.807) is 4.57 Å². The van der Waals surface area contributed by atoms with Crippen LogP contribution in [0, 0.1) is 5.92 Å². The van der Waals surface area contributed by atoms with E-state index < -0.39 is 35.6 Å². The van der Waals surface area contributed by atoms with Crippen molar-refractivity contribution >= 4 is 34.7 Å². The number of nitrogens with one attached hydrogen (secondary N) is 2. The predicted molar refractivity (Wildman–Crippen MR) is 162 cm³/mol. The Morgan fingerprint density at radius 2 is 1.79 bits per heavy atom. The quantitative estimate of drug-likeness (QED) is 0.167. The van der Waals surface area contributed by atoms with Crippen molar-refractivity contribution in [1.29, 1.82) is 0 Å². The highest BCUT2D eigenvalue weighted by Crippen LogP contribution is 2.43. The molecule has 2 aromatic carbocycles. The van der Waals surface area contributed by atoms with E-state index in [4.69, 9.17) is 30.5 Å². The second-order valence-corrected chi connectivity index (χ2v) is 11.3. The molecule has 1 saturated heterocycles. The molecule has 43 heavy (non-hydrogen) atoms. The Hall–Kier alpha value is -3.77. The Balaban J connectivity index is 1.52. The number of anilines is 1. The van der Waals surface area contributed by atoms with Gasteiger partial charge in [0.2, 0.25) is 5.95 Å². The van der Waals surface area contributed by atoms with Crippen LogP contribution in [0.5, 0.6) is 0 Å². The Morgan fingerprint density at radius 3 is 2.42 bits per heavy atom. The van der Waals surface area contributed by atoms with E-state index in [1.807, 2.05) is 74.5 Å². The summed E-state index contributed by atoms with van der Waals surface area (Å²) in [6.45, 7) is 6.58. The maximum atomic E-state index is 12.9. The van der Waals surface area contributed by atoms with E-state index in [9.17, 15) is 9.59 Å². The largest absolute Gasteiger partial charge is 0.455 e. The summed E-state index contributed by atoms with van der Waals surface area (Å²) in [6.07, 6.45) is -1.33. The van der Waals surface area contributed by atoms with Gasteiger partial charge in [-0.05, 0) is 17.0 Å². The summed E-state index contributed by atoms with van der Waals surface area (Å²) in [7, 11) is 0. The number of aromatic nitrogens is 4. The van der Waals surface area contributed by atoms with E-state index in [0.29, 0.717) is 25.0 Å². The van der Waals surface area contributed by atoms with Gasteiger partial charge in [0.25, 0.3) is 5.56 Å². The number of esters is 1. The molecule has 4 atom stereocenters. The molecule has 1 aliphatic heterocycles. The smallest absolute Gasteiger partial charge is 0.303 e. The van der Waals surface area contributed by atoms with Crippen LogP contribution >= 0.6 is 11.6 Å². The monoisotopic (exact) mass is 609 g/mol. The Labute approximate surface area is 254 Å². The lowest BCUT2D eigenvalue weighted by Gasteiger charge is -2.33. The molecule has 0 unspecified atom stereocenters. The molecule has 1 aliphatic rings. The summed E-state index contributed by atoms with van der Waals surface area (Å²) < 4.78 is 26.7. The van der Waals surface area contributed by atoms with E-state index in [0.717, 1.165) is 11.1 Å². The number of alkyl halides is 1. The van der Waals surface area contributed by atoms with Gasteiger partial charge in [-0.15, -0.1) is 11.6 Å². The van der Waals surface area contributed by atoms with Gasteiger partial charge >= 0.3 is 5.97 Å². The van der Waals surface area contributed by atoms with Crippen LogP contribution in [0.3, 0.4) is 0 Å². The van der Waals surface area contributed by atoms with Gasteiger partial charge in [-0.1, -0.05) is 74.5 Å². The molecule has 1 fully saturated rings. The van der Waals surface area contributed by atoms with Crippen LogP contribution in [0.15, 0.2) is 71.8 Å². The minimum absolute atomic E-state index is 0.0304. The molecule has 0 amide bonds. The van der Waals surface area contributed by atoms with Crippen molar-refractivity contribution in [2.24, 2.45) is 5.92 Å². The van der Waals surface area contributed by atoms with Crippen LogP contribution in [0.25, 0.3) is 11.2 Å². The molecule has 0 aliphatic carbocycles. The number of carbonyl (C=O) groups excluding carboxylic acids is 1. The number of fused-ring (bicyclic) bond motifs is 1. The van der Waals surface area contributed by atoms with Crippen LogP contribution in [0.1, 0.15) is 38.1 Å². The fraction of sp³-hybridized carbons (Fsp3) is 0.419. The fourth-order valence-electron chi connectivity index (χ4n) is 5.03. The fourth-order valence-corrected chi connectivity index (χ4v) is 5.32. The van der Waals surface area contributed by atoms with Gasteiger partial charge in [-0.25, -0.2) is 4.98 Å². The molecule has 0 radical (unpaired) electrons. The summed E-state index contributed by atoms with van der Waals surface area (Å²) in [5.74, 6) is 0.0518. The first-order valence-electron chi connectivity index (χ1n) is 14.2. The number of aromatic amines is 1. The molecule has 3 heterocycles. The normalized spacial score (nSPS) is 21.8. The first-order valence-corrected chi connectivity index (χ1v) is 14.7. The third-order valence-corrected chi connectivity index (χ3v) is 7.55. The molecule has 0 bridgehead atoms. The molecule has 11 nitrogen and oxygen atoms in total. The van der Waals surface area contributed by atoms with Crippen molar-refractivity contribution < 1.29 is 23.7 Å². The van der Waals surface area contributed by atoms with Crippen molar-refractivity contribution in [3.05, 3.63) is 88.5 Å². The highest BCUT2D eigenvalue weighted by Gasteiger charge is 2.58. The van der Waals surface area contributed by atoms with Gasteiger partial charge in [0.05, 0.1) is 32.0 Å². The van der Waals surface area contributed by atoms with Gasteiger partial charge in [0, 0.05) is 13.5 Å². The number of ether oxygens (including phenoxy) is 4. The third kappa shape index (κ3) is 7.07. The number of hydrogen-bond acceptors (Lipinski definition) is 9. The van der Waals surface area contributed by atoms with E-state index in [2.05, 4.69) is 20.3 Å². The molecular formula is C31H36ClN5O6. The van der Waals surface area contributed by atoms with Crippen LogP contribution < -0.4 is 10.9 Å². The molecule has 0 spiro atoms. The lowest BCUT2D eigenvalue weighted by Crippen LogP contribution is -2.51. The second kappa shape index (κ2) is 13.7. The summed E-state index contributed by atoms with van der Waals surface area (Å²) in [4.78, 5) is 37.0. The van der Waals surface area contributed by atoms with Crippen molar-refractivity contribution in [3.63, 3.8) is 0 Å². The molecule has 2 aromatic heterocycles. The SMILES string of the molecule is CC(=O)O[C@H]1[C@H](n2cnc3c(=O)[nH]c(NCC(C)C)nc32)O[C@](CCl)(COCc2ccccc2)[C@H]1OCc1ccccc1. The summed E-state index contributed by atoms with van der Waals surface area (Å²) in [6, 6.07) is 19.4.